The van der Waals surface area contributed by atoms with Gasteiger partial charge in [-0.15, -0.1) is 0 Å². The molecule has 6 heteroatoms. The number of aromatic nitrogens is 5. The third-order valence-electron chi connectivity index (χ3n) is 8.11. The first-order valence-corrected chi connectivity index (χ1v) is 13.9. The molecule has 42 heavy (non-hydrogen) atoms. The zero-order chi connectivity index (χ0) is 27.8. The maximum Gasteiger partial charge on any atom is 0.266 e. The predicted octanol–water partition coefficient (Wildman–Crippen LogP) is 7.71. The van der Waals surface area contributed by atoms with Crippen molar-refractivity contribution in [3.8, 4) is 17.2 Å². The van der Waals surface area contributed by atoms with Crippen LogP contribution in [-0.2, 0) is 0 Å². The summed E-state index contributed by atoms with van der Waals surface area (Å²) >= 11 is 0. The van der Waals surface area contributed by atoms with Crippen molar-refractivity contribution < 1.29 is 0 Å². The molecule has 0 aliphatic heterocycles. The lowest BCUT2D eigenvalue weighted by atomic mass is 10.1. The number of hydrogen-bond donors (Lipinski definition) is 0. The number of nitrogens with zero attached hydrogens (tertiary/aromatic N) is 5. The van der Waals surface area contributed by atoms with Crippen molar-refractivity contribution in [2.45, 2.75) is 0 Å². The van der Waals surface area contributed by atoms with Crippen LogP contribution in [-0.4, -0.2) is 23.9 Å². The van der Waals surface area contributed by atoms with Gasteiger partial charge in [-0.3, -0.25) is 13.8 Å². The van der Waals surface area contributed by atoms with E-state index in [9.17, 15) is 4.79 Å². The molecule has 0 saturated heterocycles. The van der Waals surface area contributed by atoms with Crippen molar-refractivity contribution in [2.75, 3.05) is 0 Å². The highest BCUT2D eigenvalue weighted by molar-refractivity contribution is 6.23. The maximum atomic E-state index is 14.0. The number of para-hydroxylation sites is 4. The van der Waals surface area contributed by atoms with Crippen LogP contribution in [0.15, 0.2) is 132 Å². The van der Waals surface area contributed by atoms with Gasteiger partial charge in [0.2, 0.25) is 5.95 Å². The fourth-order valence-corrected chi connectivity index (χ4v) is 6.30. The van der Waals surface area contributed by atoms with Gasteiger partial charge in [-0.2, -0.15) is 0 Å². The van der Waals surface area contributed by atoms with Gasteiger partial charge in [0.05, 0.1) is 44.0 Å². The van der Waals surface area contributed by atoms with E-state index in [0.717, 1.165) is 54.9 Å². The van der Waals surface area contributed by atoms with Gasteiger partial charge in [0, 0.05) is 21.7 Å². The van der Waals surface area contributed by atoms with Gasteiger partial charge < -0.3 is 0 Å². The Labute approximate surface area is 238 Å². The number of hydrogen-bond acceptors (Lipinski definition) is 4. The van der Waals surface area contributed by atoms with Gasteiger partial charge in [-0.25, -0.2) is 15.0 Å². The summed E-state index contributed by atoms with van der Waals surface area (Å²) in [6.07, 6.45) is 0. The van der Waals surface area contributed by atoms with E-state index in [4.69, 9.17) is 15.0 Å². The molecule has 9 aromatic rings. The van der Waals surface area contributed by atoms with Crippen molar-refractivity contribution in [3.05, 3.63) is 138 Å². The van der Waals surface area contributed by atoms with E-state index in [2.05, 4.69) is 41.0 Å². The van der Waals surface area contributed by atoms with E-state index < -0.39 is 0 Å². The molecule has 196 valence electrons. The van der Waals surface area contributed by atoms with Crippen LogP contribution in [0.5, 0.6) is 0 Å². The average molecular weight is 540 g/mol. The van der Waals surface area contributed by atoms with Crippen LogP contribution >= 0.6 is 0 Å². The van der Waals surface area contributed by atoms with E-state index >= 15 is 0 Å². The summed E-state index contributed by atoms with van der Waals surface area (Å²) in [6, 6.07) is 42.1. The highest BCUT2D eigenvalue weighted by atomic mass is 16.1. The quantitative estimate of drug-likeness (QED) is 0.167. The molecule has 4 aromatic heterocycles. The Hall–Kier alpha value is -5.88. The Balaban J connectivity index is 1.54. The molecular formula is C36H21N5O. The molecule has 0 bridgehead atoms. The van der Waals surface area contributed by atoms with Gasteiger partial charge in [0.1, 0.15) is 0 Å². The first-order chi connectivity index (χ1) is 20.8. The molecule has 0 aliphatic carbocycles. The summed E-state index contributed by atoms with van der Waals surface area (Å²) in [5.41, 5.74) is 6.61. The summed E-state index contributed by atoms with van der Waals surface area (Å²) in [5, 5.41) is 4.38. The minimum atomic E-state index is -0.0844. The highest BCUT2D eigenvalue weighted by Crippen LogP contribution is 2.39. The lowest BCUT2D eigenvalue weighted by Gasteiger charge is -2.14. The standard InChI is InChI=1S/C36H21N5O/c42-35-24-15-5-9-19-28(24)37-34-31-25-16-6-10-20-29(25)40(33(31)26-17-7-11-21-30(26)41(34)35)36-38-27-18-8-4-14-23(27)32(39-36)22-12-2-1-3-13-22/h1-21H. The Morgan fingerprint density at radius 3 is 1.88 bits per heavy atom. The molecule has 0 unspecified atom stereocenters. The Bertz CT molecular complexity index is 2600. The predicted molar refractivity (Wildman–Crippen MR) is 169 cm³/mol. The van der Waals surface area contributed by atoms with E-state index in [1.165, 1.54) is 0 Å². The van der Waals surface area contributed by atoms with Gasteiger partial charge >= 0.3 is 0 Å². The topological polar surface area (TPSA) is 65.1 Å². The molecule has 9 rings (SSSR count). The average Bonchev–Trinajstić information content (AvgIpc) is 3.40. The number of fused-ring (bicyclic) bond motifs is 10. The molecule has 0 atom stereocenters. The largest absolute Gasteiger partial charge is 0.277 e. The van der Waals surface area contributed by atoms with Crippen LogP contribution in [0.2, 0.25) is 0 Å². The molecule has 0 saturated carbocycles. The maximum absolute atomic E-state index is 14.0. The summed E-state index contributed by atoms with van der Waals surface area (Å²) in [6.45, 7) is 0. The first-order valence-electron chi connectivity index (χ1n) is 13.9. The molecular weight excluding hydrogens is 518 g/mol. The normalized spacial score (nSPS) is 11.9. The third kappa shape index (κ3) is 3.09. The summed E-state index contributed by atoms with van der Waals surface area (Å²) in [4.78, 5) is 29.4. The van der Waals surface area contributed by atoms with Crippen LogP contribution in [0.1, 0.15) is 0 Å². The third-order valence-corrected chi connectivity index (χ3v) is 8.11. The molecule has 0 radical (unpaired) electrons. The zero-order valence-corrected chi connectivity index (χ0v) is 22.3. The van der Waals surface area contributed by atoms with Gasteiger partial charge in [0.15, 0.2) is 5.65 Å². The van der Waals surface area contributed by atoms with Crippen LogP contribution in [0.4, 0.5) is 0 Å². The molecule has 0 fully saturated rings. The van der Waals surface area contributed by atoms with Crippen LogP contribution in [0.25, 0.3) is 77.4 Å². The van der Waals surface area contributed by atoms with Crippen molar-refractivity contribution in [1.29, 1.82) is 0 Å². The summed E-state index contributed by atoms with van der Waals surface area (Å²) < 4.78 is 3.89. The van der Waals surface area contributed by atoms with Gasteiger partial charge in [0.25, 0.3) is 5.56 Å². The fraction of sp³-hybridized carbons (Fsp3) is 0. The van der Waals surface area contributed by atoms with Crippen LogP contribution < -0.4 is 5.56 Å². The molecule has 6 nitrogen and oxygen atoms in total. The molecule has 4 heterocycles. The minimum Gasteiger partial charge on any atom is -0.277 e. The van der Waals surface area contributed by atoms with Crippen LogP contribution in [0.3, 0.4) is 0 Å². The van der Waals surface area contributed by atoms with Crippen molar-refractivity contribution in [1.82, 2.24) is 23.9 Å². The Kier molecular flexibility index (Phi) is 4.66. The fourth-order valence-electron chi connectivity index (χ4n) is 6.30. The lowest BCUT2D eigenvalue weighted by Crippen LogP contribution is -2.16. The summed E-state index contributed by atoms with van der Waals surface area (Å²) in [7, 11) is 0. The second-order valence-electron chi connectivity index (χ2n) is 10.4. The molecule has 0 amide bonds. The van der Waals surface area contributed by atoms with E-state index in [-0.39, 0.29) is 5.56 Å². The molecule has 0 N–H and O–H groups in total. The SMILES string of the molecule is O=c1c2ccccc2nc2c3c4ccccc4n(-c4nc(-c5ccccc5)c5ccccc5n4)c3c3ccccc3n12. The zero-order valence-electron chi connectivity index (χ0n) is 22.3. The van der Waals surface area contributed by atoms with E-state index in [0.29, 0.717) is 22.5 Å². The number of benzene rings is 5. The Morgan fingerprint density at radius 2 is 1.10 bits per heavy atom. The van der Waals surface area contributed by atoms with Crippen molar-refractivity contribution >= 4 is 60.2 Å². The highest BCUT2D eigenvalue weighted by Gasteiger charge is 2.23. The second-order valence-corrected chi connectivity index (χ2v) is 10.4. The minimum absolute atomic E-state index is 0.0844. The molecule has 0 spiro atoms. The van der Waals surface area contributed by atoms with Crippen molar-refractivity contribution in [2.24, 2.45) is 0 Å². The summed E-state index contributed by atoms with van der Waals surface area (Å²) in [5.74, 6) is 0.566. The smallest absolute Gasteiger partial charge is 0.266 e. The first kappa shape index (κ1) is 22.9. The number of pyridine rings is 1. The van der Waals surface area contributed by atoms with Crippen LogP contribution in [0, 0.1) is 0 Å². The molecule has 0 aliphatic rings. The monoisotopic (exact) mass is 539 g/mol. The second kappa shape index (κ2) is 8.56. The van der Waals surface area contributed by atoms with Crippen molar-refractivity contribution in [3.63, 3.8) is 0 Å². The van der Waals surface area contributed by atoms with Gasteiger partial charge in [-0.05, 0) is 30.3 Å². The lowest BCUT2D eigenvalue weighted by molar-refractivity contribution is 1.01. The Morgan fingerprint density at radius 1 is 0.500 bits per heavy atom. The van der Waals surface area contributed by atoms with E-state index in [1.807, 2.05) is 91.0 Å². The molecule has 5 aromatic carbocycles. The number of rotatable bonds is 2. The van der Waals surface area contributed by atoms with Gasteiger partial charge in [-0.1, -0.05) is 97.1 Å². The van der Waals surface area contributed by atoms with E-state index in [1.54, 1.807) is 4.40 Å².